The van der Waals surface area contributed by atoms with Crippen LogP contribution in [0.1, 0.15) is 17.1 Å². The van der Waals surface area contributed by atoms with E-state index in [9.17, 15) is 8.42 Å². The molecule has 0 saturated heterocycles. The quantitative estimate of drug-likeness (QED) is 0.718. The summed E-state index contributed by atoms with van der Waals surface area (Å²) in [5.41, 5.74) is 0.809. The fourth-order valence-corrected chi connectivity index (χ4v) is 3.53. The summed E-state index contributed by atoms with van der Waals surface area (Å²) in [6.45, 7) is 1.83. The minimum atomic E-state index is -2.90. The molecule has 3 nitrogen and oxygen atoms in total. The van der Waals surface area contributed by atoms with Crippen molar-refractivity contribution in [3.8, 4) is 0 Å². The van der Waals surface area contributed by atoms with Crippen LogP contribution in [0.3, 0.4) is 0 Å². The molecule has 0 amide bonds. The van der Waals surface area contributed by atoms with E-state index >= 15 is 0 Å². The Balaban J connectivity index is 2.56. The molecule has 0 atom stereocenters. The number of furan rings is 1. The minimum absolute atomic E-state index is 0.111. The van der Waals surface area contributed by atoms with Gasteiger partial charge in [-0.1, -0.05) is 0 Å². The molecular formula is C8H9BrO3S. The van der Waals surface area contributed by atoms with E-state index in [1.54, 1.807) is 0 Å². The lowest BCUT2D eigenvalue weighted by molar-refractivity contribution is 0.480. The highest BCUT2D eigenvalue weighted by molar-refractivity contribution is 9.10. The molecule has 13 heavy (non-hydrogen) atoms. The van der Waals surface area contributed by atoms with Crippen molar-refractivity contribution in [2.24, 2.45) is 0 Å². The lowest BCUT2D eigenvalue weighted by atomic mass is 10.2. The van der Waals surface area contributed by atoms with Crippen molar-refractivity contribution in [3.05, 3.63) is 21.6 Å². The molecule has 0 radical (unpaired) electrons. The predicted octanol–water partition coefficient (Wildman–Crippen LogP) is 1.82. The zero-order chi connectivity index (χ0) is 9.64. The van der Waals surface area contributed by atoms with Gasteiger partial charge in [-0.25, -0.2) is 8.42 Å². The molecule has 1 aliphatic rings. The summed E-state index contributed by atoms with van der Waals surface area (Å²) >= 11 is 3.33. The monoisotopic (exact) mass is 264 g/mol. The molecule has 0 spiro atoms. The molecule has 72 valence electrons. The Hall–Kier alpha value is -0.290. The standard InChI is InChI=1S/C8H9BrO3S/c1-5-8(9)6-4-13(10,11)3-2-7(6)12-5/h2-4H2,1H3. The summed E-state index contributed by atoms with van der Waals surface area (Å²) in [5, 5.41) is 0. The molecule has 5 heteroatoms. The van der Waals surface area contributed by atoms with Crippen LogP contribution in [-0.4, -0.2) is 14.2 Å². The van der Waals surface area contributed by atoms with Gasteiger partial charge in [0.1, 0.15) is 11.5 Å². The maximum absolute atomic E-state index is 11.3. The minimum Gasteiger partial charge on any atom is -0.465 e. The number of halogens is 1. The molecule has 0 saturated carbocycles. The first-order valence-corrected chi connectivity index (χ1v) is 6.58. The third-order valence-corrected chi connectivity index (χ3v) is 4.78. The zero-order valence-corrected chi connectivity index (χ0v) is 9.53. The van der Waals surface area contributed by atoms with E-state index in [-0.39, 0.29) is 11.5 Å². The second-order valence-electron chi connectivity index (χ2n) is 3.22. The van der Waals surface area contributed by atoms with Crippen molar-refractivity contribution in [2.45, 2.75) is 19.1 Å². The summed E-state index contributed by atoms with van der Waals surface area (Å²) < 4.78 is 28.9. The van der Waals surface area contributed by atoms with Crippen LogP contribution >= 0.6 is 15.9 Å². The van der Waals surface area contributed by atoms with Gasteiger partial charge in [-0.3, -0.25) is 0 Å². The molecule has 2 heterocycles. The van der Waals surface area contributed by atoms with Crippen LogP contribution in [-0.2, 0) is 22.0 Å². The first-order chi connectivity index (χ1) is 5.99. The molecule has 0 N–H and O–H groups in total. The lowest BCUT2D eigenvalue weighted by Gasteiger charge is -2.10. The third kappa shape index (κ3) is 1.55. The Morgan fingerprint density at radius 3 is 2.85 bits per heavy atom. The van der Waals surface area contributed by atoms with Crippen molar-refractivity contribution >= 4 is 25.8 Å². The molecule has 1 aromatic rings. The fraction of sp³-hybridized carbons (Fsp3) is 0.500. The van der Waals surface area contributed by atoms with E-state index in [2.05, 4.69) is 15.9 Å². The fourth-order valence-electron chi connectivity index (χ4n) is 1.51. The van der Waals surface area contributed by atoms with E-state index in [4.69, 9.17) is 4.42 Å². The Kier molecular flexibility index (Phi) is 2.03. The second kappa shape index (κ2) is 2.85. The smallest absolute Gasteiger partial charge is 0.155 e. The highest BCUT2D eigenvalue weighted by Gasteiger charge is 2.27. The van der Waals surface area contributed by atoms with Crippen LogP contribution in [0.25, 0.3) is 0 Å². The molecule has 1 aromatic heterocycles. The largest absolute Gasteiger partial charge is 0.465 e. The van der Waals surface area contributed by atoms with Crippen LogP contribution in [0.2, 0.25) is 0 Å². The summed E-state index contributed by atoms with van der Waals surface area (Å²) in [7, 11) is -2.90. The average Bonchev–Trinajstić information content (AvgIpc) is 2.29. The molecule has 0 unspecified atom stereocenters. The molecule has 0 fully saturated rings. The number of hydrogen-bond acceptors (Lipinski definition) is 3. The summed E-state index contributed by atoms with van der Waals surface area (Å²) in [6, 6.07) is 0. The number of rotatable bonds is 0. The maximum Gasteiger partial charge on any atom is 0.155 e. The number of fused-ring (bicyclic) bond motifs is 1. The van der Waals surface area contributed by atoms with Crippen molar-refractivity contribution in [1.82, 2.24) is 0 Å². The van der Waals surface area contributed by atoms with Gasteiger partial charge in [0.25, 0.3) is 0 Å². The zero-order valence-electron chi connectivity index (χ0n) is 7.13. The van der Waals surface area contributed by atoms with E-state index in [0.29, 0.717) is 6.42 Å². The molecule has 0 aliphatic carbocycles. The number of aryl methyl sites for hydroxylation is 2. The van der Waals surface area contributed by atoms with Gasteiger partial charge in [0.05, 0.1) is 16.0 Å². The highest BCUT2D eigenvalue weighted by Crippen LogP contribution is 2.32. The van der Waals surface area contributed by atoms with Gasteiger partial charge in [-0.05, 0) is 22.9 Å². The Morgan fingerprint density at radius 1 is 1.46 bits per heavy atom. The summed E-state index contributed by atoms with van der Waals surface area (Å²) in [6.07, 6.45) is 0.504. The Bertz CT molecular complexity index is 444. The van der Waals surface area contributed by atoms with Crippen LogP contribution in [0.15, 0.2) is 8.89 Å². The second-order valence-corrected chi connectivity index (χ2v) is 6.19. The summed E-state index contributed by atoms with van der Waals surface area (Å²) in [5.74, 6) is 1.90. The average molecular weight is 265 g/mol. The van der Waals surface area contributed by atoms with Crippen LogP contribution in [0.5, 0.6) is 0 Å². The third-order valence-electron chi connectivity index (χ3n) is 2.19. The predicted molar refractivity (Wildman–Crippen MR) is 52.3 cm³/mol. The number of hydrogen-bond donors (Lipinski definition) is 0. The Morgan fingerprint density at radius 2 is 2.15 bits per heavy atom. The van der Waals surface area contributed by atoms with E-state index in [0.717, 1.165) is 21.6 Å². The van der Waals surface area contributed by atoms with E-state index in [1.165, 1.54) is 0 Å². The molecule has 2 rings (SSSR count). The Labute approximate surface area is 85.2 Å². The van der Waals surface area contributed by atoms with Gasteiger partial charge >= 0.3 is 0 Å². The molecule has 0 bridgehead atoms. The maximum atomic E-state index is 11.3. The van der Waals surface area contributed by atoms with Crippen molar-refractivity contribution in [1.29, 1.82) is 0 Å². The van der Waals surface area contributed by atoms with Crippen molar-refractivity contribution < 1.29 is 12.8 Å². The first kappa shape index (κ1) is 9.27. The van der Waals surface area contributed by atoms with Gasteiger partial charge in [0.15, 0.2) is 9.84 Å². The topological polar surface area (TPSA) is 47.3 Å². The lowest BCUT2D eigenvalue weighted by Crippen LogP contribution is -2.17. The van der Waals surface area contributed by atoms with Crippen molar-refractivity contribution in [3.63, 3.8) is 0 Å². The van der Waals surface area contributed by atoms with E-state index in [1.807, 2.05) is 6.92 Å². The van der Waals surface area contributed by atoms with Crippen LogP contribution < -0.4 is 0 Å². The van der Waals surface area contributed by atoms with Gasteiger partial charge in [-0.15, -0.1) is 0 Å². The molecular weight excluding hydrogens is 256 g/mol. The molecule has 1 aliphatic heterocycles. The normalized spacial score (nSPS) is 19.8. The van der Waals surface area contributed by atoms with E-state index < -0.39 is 9.84 Å². The van der Waals surface area contributed by atoms with Crippen molar-refractivity contribution in [2.75, 3.05) is 5.75 Å². The highest BCUT2D eigenvalue weighted by atomic mass is 79.9. The van der Waals surface area contributed by atoms with Gasteiger partial charge in [-0.2, -0.15) is 0 Å². The van der Waals surface area contributed by atoms with Gasteiger partial charge < -0.3 is 4.42 Å². The first-order valence-electron chi connectivity index (χ1n) is 3.97. The van der Waals surface area contributed by atoms with Crippen LogP contribution in [0.4, 0.5) is 0 Å². The molecule has 0 aromatic carbocycles. The van der Waals surface area contributed by atoms with Gasteiger partial charge in [0, 0.05) is 12.0 Å². The summed E-state index contributed by atoms with van der Waals surface area (Å²) in [4.78, 5) is 0. The SMILES string of the molecule is Cc1oc2c(c1Br)CS(=O)(=O)CC2. The van der Waals surface area contributed by atoms with Crippen LogP contribution in [0, 0.1) is 6.92 Å². The van der Waals surface area contributed by atoms with Gasteiger partial charge in [0.2, 0.25) is 0 Å². The number of sulfone groups is 1.